The van der Waals surface area contributed by atoms with Gasteiger partial charge in [0.1, 0.15) is 0 Å². The number of aromatic nitrogens is 1. The molecule has 4 atom stereocenters. The van der Waals surface area contributed by atoms with Crippen molar-refractivity contribution >= 4 is 35.3 Å². The molecule has 7 heteroatoms. The van der Waals surface area contributed by atoms with E-state index in [1.165, 1.54) is 30.8 Å². The van der Waals surface area contributed by atoms with E-state index in [2.05, 4.69) is 28.1 Å². The second-order valence-electron chi connectivity index (χ2n) is 9.97. The third-order valence-corrected chi connectivity index (χ3v) is 12.1. The van der Waals surface area contributed by atoms with Gasteiger partial charge in [-0.15, -0.1) is 23.5 Å². The van der Waals surface area contributed by atoms with Crippen LogP contribution < -0.4 is 0 Å². The fraction of sp³-hybridized carbons (Fsp3) is 0.760. The Morgan fingerprint density at radius 3 is 2.50 bits per heavy atom. The second-order valence-corrected chi connectivity index (χ2v) is 13.0. The predicted molar refractivity (Wildman–Crippen MR) is 129 cm³/mol. The number of esters is 1. The molecule has 5 nitrogen and oxygen atoms in total. The minimum absolute atomic E-state index is 0.0440. The van der Waals surface area contributed by atoms with Crippen LogP contribution in [0.25, 0.3) is 0 Å². The molecule has 2 saturated heterocycles. The molecule has 2 bridgehead atoms. The lowest BCUT2D eigenvalue weighted by Gasteiger charge is -2.51. The Hall–Kier alpha value is -0.920. The van der Waals surface area contributed by atoms with E-state index in [-0.39, 0.29) is 30.4 Å². The lowest BCUT2D eigenvalue weighted by atomic mass is 9.67. The van der Waals surface area contributed by atoms with Gasteiger partial charge in [0.05, 0.1) is 16.1 Å². The van der Waals surface area contributed by atoms with Crippen LogP contribution in [0.2, 0.25) is 0 Å². The molecule has 32 heavy (non-hydrogen) atoms. The van der Waals surface area contributed by atoms with Gasteiger partial charge in [-0.25, -0.2) is 0 Å². The van der Waals surface area contributed by atoms with Gasteiger partial charge >= 0.3 is 5.97 Å². The van der Waals surface area contributed by atoms with Crippen LogP contribution in [-0.2, 0) is 20.8 Å². The van der Waals surface area contributed by atoms with E-state index in [1.54, 1.807) is 0 Å². The third-order valence-electron chi connectivity index (χ3n) is 8.08. The first kappa shape index (κ1) is 22.9. The fourth-order valence-electron chi connectivity index (χ4n) is 6.49. The van der Waals surface area contributed by atoms with E-state index < -0.39 is 0 Å². The zero-order chi connectivity index (χ0) is 22.3. The summed E-state index contributed by atoms with van der Waals surface area (Å²) < 4.78 is 13.9. The van der Waals surface area contributed by atoms with Crippen molar-refractivity contribution in [2.75, 3.05) is 24.7 Å². The van der Waals surface area contributed by atoms with Crippen LogP contribution in [0, 0.1) is 31.6 Å². The Labute approximate surface area is 199 Å². The highest BCUT2D eigenvalue weighted by molar-refractivity contribution is 8.21. The molecule has 2 aliphatic carbocycles. The summed E-state index contributed by atoms with van der Waals surface area (Å²) >= 11 is 4.30. The standard InChI is InChI=1S/C25H35NO4S2/c1-16-11-22(17(2)26(16)14-21-7-4-8-29-21)23(27)15-30-24(28)18-12-19-5-3-6-20(13-18)25(19)31-9-10-32-25/h11,18-21H,3-10,12-15H2,1-2H3/t18?,19-,20+,21-/m1/s1. The number of carbonyl (C=O) groups is 2. The zero-order valence-corrected chi connectivity index (χ0v) is 20.9. The number of rotatable bonds is 6. The summed E-state index contributed by atoms with van der Waals surface area (Å²) in [6.07, 6.45) is 8.02. The Morgan fingerprint density at radius 2 is 1.84 bits per heavy atom. The maximum absolute atomic E-state index is 12.9. The molecule has 1 aromatic rings. The summed E-state index contributed by atoms with van der Waals surface area (Å²) in [6, 6.07) is 1.93. The van der Waals surface area contributed by atoms with Crippen molar-refractivity contribution in [3.8, 4) is 0 Å². The molecular weight excluding hydrogens is 442 g/mol. The first-order valence-electron chi connectivity index (χ1n) is 12.2. The predicted octanol–water partition coefficient (Wildman–Crippen LogP) is 5.01. The maximum atomic E-state index is 12.9. The van der Waals surface area contributed by atoms with Crippen molar-refractivity contribution in [3.05, 3.63) is 23.0 Å². The molecule has 1 unspecified atom stereocenters. The molecule has 3 heterocycles. The van der Waals surface area contributed by atoms with Crippen molar-refractivity contribution in [2.24, 2.45) is 17.8 Å². The molecular formula is C25H35NO4S2. The number of hydrogen-bond acceptors (Lipinski definition) is 6. The monoisotopic (exact) mass is 477 g/mol. The first-order chi connectivity index (χ1) is 15.5. The van der Waals surface area contributed by atoms with E-state index in [0.717, 1.165) is 50.2 Å². The molecule has 0 radical (unpaired) electrons. The van der Waals surface area contributed by atoms with Crippen LogP contribution in [0.15, 0.2) is 6.07 Å². The third kappa shape index (κ3) is 4.18. The molecule has 176 valence electrons. The molecule has 0 aromatic carbocycles. The average Bonchev–Trinajstić information content (AvgIpc) is 3.51. The molecule has 2 saturated carbocycles. The number of ether oxygens (including phenoxy) is 2. The minimum atomic E-state index is -0.161. The molecule has 0 amide bonds. The van der Waals surface area contributed by atoms with Crippen molar-refractivity contribution in [1.29, 1.82) is 0 Å². The number of aryl methyl sites for hydroxylation is 1. The Morgan fingerprint density at radius 1 is 1.12 bits per heavy atom. The van der Waals surface area contributed by atoms with Gasteiger partial charge in [0.25, 0.3) is 0 Å². The number of ketones is 1. The van der Waals surface area contributed by atoms with E-state index in [9.17, 15) is 9.59 Å². The average molecular weight is 478 g/mol. The van der Waals surface area contributed by atoms with Gasteiger partial charge in [-0.3, -0.25) is 9.59 Å². The maximum Gasteiger partial charge on any atom is 0.309 e. The number of Topliss-reactive ketones (excluding diaryl/α,β-unsaturated/α-hetero) is 1. The van der Waals surface area contributed by atoms with Gasteiger partial charge in [-0.05, 0) is 70.3 Å². The topological polar surface area (TPSA) is 57.5 Å². The Kier molecular flexibility index (Phi) is 6.70. The summed E-state index contributed by atoms with van der Waals surface area (Å²) in [5.74, 6) is 3.40. The van der Waals surface area contributed by atoms with Gasteiger partial charge in [0.2, 0.25) is 5.78 Å². The van der Waals surface area contributed by atoms with Crippen molar-refractivity contribution in [2.45, 2.75) is 75.5 Å². The van der Waals surface area contributed by atoms with Crippen molar-refractivity contribution in [3.63, 3.8) is 0 Å². The zero-order valence-electron chi connectivity index (χ0n) is 19.3. The summed E-state index contributed by atoms with van der Waals surface area (Å²) in [6.45, 7) is 5.47. The lowest BCUT2D eigenvalue weighted by Crippen LogP contribution is -2.48. The molecule has 5 rings (SSSR count). The van der Waals surface area contributed by atoms with Gasteiger partial charge in [0.15, 0.2) is 6.61 Å². The smallest absolute Gasteiger partial charge is 0.309 e. The highest BCUT2D eigenvalue weighted by atomic mass is 32.2. The number of nitrogens with zero attached hydrogens (tertiary/aromatic N) is 1. The Bertz CT molecular complexity index is 854. The normalized spacial score (nSPS) is 31.2. The second kappa shape index (κ2) is 9.38. The van der Waals surface area contributed by atoms with Crippen LogP contribution in [0.5, 0.6) is 0 Å². The van der Waals surface area contributed by atoms with E-state index in [1.807, 2.05) is 19.9 Å². The summed E-state index contributed by atoms with van der Waals surface area (Å²) in [5.41, 5.74) is 2.68. The summed E-state index contributed by atoms with van der Waals surface area (Å²) in [7, 11) is 0. The van der Waals surface area contributed by atoms with Crippen molar-refractivity contribution < 1.29 is 19.1 Å². The fourth-order valence-corrected chi connectivity index (χ4v) is 10.4. The van der Waals surface area contributed by atoms with Crippen LogP contribution >= 0.6 is 23.5 Å². The van der Waals surface area contributed by atoms with Gasteiger partial charge < -0.3 is 14.0 Å². The molecule has 4 aliphatic rings. The first-order valence-corrected chi connectivity index (χ1v) is 14.2. The lowest BCUT2D eigenvalue weighted by molar-refractivity contribution is -0.150. The largest absolute Gasteiger partial charge is 0.457 e. The number of carbonyl (C=O) groups excluding carboxylic acids is 2. The van der Waals surface area contributed by atoms with Crippen molar-refractivity contribution in [1.82, 2.24) is 4.57 Å². The van der Waals surface area contributed by atoms with Crippen LogP contribution in [-0.4, -0.2) is 51.2 Å². The molecule has 4 fully saturated rings. The highest BCUT2D eigenvalue weighted by Crippen LogP contribution is 2.64. The van der Waals surface area contributed by atoms with Gasteiger partial charge in [-0.1, -0.05) is 6.42 Å². The quantitative estimate of drug-likeness (QED) is 0.424. The number of hydrogen-bond donors (Lipinski definition) is 0. The molecule has 2 aliphatic heterocycles. The van der Waals surface area contributed by atoms with Crippen LogP contribution in [0.4, 0.5) is 0 Å². The molecule has 1 aromatic heterocycles. The molecule has 0 N–H and O–H groups in total. The van der Waals surface area contributed by atoms with Gasteiger partial charge in [-0.2, -0.15) is 0 Å². The van der Waals surface area contributed by atoms with E-state index in [0.29, 0.717) is 21.5 Å². The minimum Gasteiger partial charge on any atom is -0.457 e. The van der Waals surface area contributed by atoms with Crippen LogP contribution in [0.3, 0.4) is 0 Å². The van der Waals surface area contributed by atoms with Crippen LogP contribution in [0.1, 0.15) is 66.7 Å². The van der Waals surface area contributed by atoms with Gasteiger partial charge in [0, 0.05) is 41.6 Å². The molecule has 1 spiro atoms. The number of thioether (sulfide) groups is 2. The summed E-state index contributed by atoms with van der Waals surface area (Å²) in [4.78, 5) is 25.9. The van der Waals surface area contributed by atoms with E-state index >= 15 is 0 Å². The van der Waals surface area contributed by atoms with E-state index in [4.69, 9.17) is 9.47 Å². The highest BCUT2D eigenvalue weighted by Gasteiger charge is 2.55. The summed E-state index contributed by atoms with van der Waals surface area (Å²) in [5, 5.41) is 0. The Balaban J connectivity index is 1.19. The SMILES string of the molecule is Cc1cc(C(=O)COC(=O)C2C[C@H]3CCC[C@@H](C2)C32SCCS2)c(C)n1C[C@H]1CCCO1.